The van der Waals surface area contributed by atoms with Crippen molar-refractivity contribution < 1.29 is 9.53 Å². The van der Waals surface area contributed by atoms with E-state index in [4.69, 9.17) is 4.74 Å². The molecule has 1 aromatic carbocycles. The highest BCUT2D eigenvalue weighted by atomic mass is 16.5. The summed E-state index contributed by atoms with van der Waals surface area (Å²) in [5.74, 6) is 2.09. The van der Waals surface area contributed by atoms with Crippen molar-refractivity contribution in [3.05, 3.63) is 36.0 Å². The lowest BCUT2D eigenvalue weighted by Crippen LogP contribution is -2.38. The Morgan fingerprint density at radius 1 is 1.07 bits per heavy atom. The molecule has 4 rings (SSSR count). The molecule has 1 aliphatic carbocycles. The molecule has 1 saturated heterocycles. The molecule has 2 fully saturated rings. The number of nitrogens with zero attached hydrogens (tertiary/aromatic N) is 2. The van der Waals surface area contributed by atoms with Crippen molar-refractivity contribution in [1.29, 1.82) is 0 Å². The van der Waals surface area contributed by atoms with Gasteiger partial charge in [-0.15, -0.1) is 0 Å². The number of morpholine rings is 1. The molecule has 0 radical (unpaired) electrons. The monoisotopic (exact) mass is 382 g/mol. The van der Waals surface area contributed by atoms with Crippen molar-refractivity contribution in [2.24, 2.45) is 17.8 Å². The molecule has 2 aromatic rings. The molecule has 4 nitrogen and oxygen atoms in total. The smallest absolute Gasteiger partial charge is 0.168 e. The SMILES string of the molecule is CC(C)C1CCC(C(=O)c2cn(CCN3CCOCC3)c3ccccc23)CC1. The van der Waals surface area contributed by atoms with Gasteiger partial charge in [0.15, 0.2) is 5.78 Å². The second kappa shape index (κ2) is 8.79. The number of Topliss-reactive ketones (excluding diaryl/α,β-unsaturated/α-hetero) is 1. The number of hydrogen-bond donors (Lipinski definition) is 0. The van der Waals surface area contributed by atoms with Crippen molar-refractivity contribution in [1.82, 2.24) is 9.47 Å². The van der Waals surface area contributed by atoms with E-state index in [1.807, 2.05) is 0 Å². The second-order valence-corrected chi connectivity index (χ2v) is 8.93. The maximum Gasteiger partial charge on any atom is 0.168 e. The van der Waals surface area contributed by atoms with Gasteiger partial charge in [-0.05, 0) is 43.6 Å². The molecule has 0 unspecified atom stereocenters. The van der Waals surface area contributed by atoms with Crippen molar-refractivity contribution in [3.8, 4) is 0 Å². The summed E-state index contributed by atoms with van der Waals surface area (Å²) in [7, 11) is 0. The minimum Gasteiger partial charge on any atom is -0.379 e. The van der Waals surface area contributed by atoms with Gasteiger partial charge in [0.2, 0.25) is 0 Å². The van der Waals surface area contributed by atoms with Gasteiger partial charge in [0.25, 0.3) is 0 Å². The Hall–Kier alpha value is -1.65. The summed E-state index contributed by atoms with van der Waals surface area (Å²) in [4.78, 5) is 15.8. The van der Waals surface area contributed by atoms with Crippen LogP contribution < -0.4 is 0 Å². The molecule has 1 aliphatic heterocycles. The third-order valence-corrected chi connectivity index (χ3v) is 6.90. The topological polar surface area (TPSA) is 34.5 Å². The number of fused-ring (bicyclic) bond motifs is 1. The first-order valence-electron chi connectivity index (χ1n) is 11.1. The van der Waals surface area contributed by atoms with Crippen LogP contribution in [0.3, 0.4) is 0 Å². The van der Waals surface area contributed by atoms with Gasteiger partial charge in [0, 0.05) is 54.8 Å². The van der Waals surface area contributed by atoms with Crippen LogP contribution in [-0.2, 0) is 11.3 Å². The summed E-state index contributed by atoms with van der Waals surface area (Å²) in [6, 6.07) is 8.41. The summed E-state index contributed by atoms with van der Waals surface area (Å²) in [6.45, 7) is 10.2. The van der Waals surface area contributed by atoms with Crippen LogP contribution in [0.15, 0.2) is 30.5 Å². The number of para-hydroxylation sites is 1. The highest BCUT2D eigenvalue weighted by molar-refractivity contribution is 6.09. The molecule has 0 atom stereocenters. The number of benzene rings is 1. The fourth-order valence-electron chi connectivity index (χ4n) is 4.97. The van der Waals surface area contributed by atoms with Crippen molar-refractivity contribution in [2.75, 3.05) is 32.8 Å². The van der Waals surface area contributed by atoms with Crippen molar-refractivity contribution in [3.63, 3.8) is 0 Å². The Kier molecular flexibility index (Phi) is 6.17. The number of aromatic nitrogens is 1. The third-order valence-electron chi connectivity index (χ3n) is 6.90. The Balaban J connectivity index is 1.50. The number of carbonyl (C=O) groups excluding carboxylic acids is 1. The average molecular weight is 383 g/mol. The Morgan fingerprint density at radius 2 is 1.79 bits per heavy atom. The summed E-state index contributed by atoms with van der Waals surface area (Å²) in [6.07, 6.45) is 6.62. The zero-order chi connectivity index (χ0) is 19.5. The molecule has 0 spiro atoms. The average Bonchev–Trinajstić information content (AvgIpc) is 3.11. The fraction of sp³-hybridized carbons (Fsp3) is 0.625. The van der Waals surface area contributed by atoms with Crippen LogP contribution in [0.2, 0.25) is 0 Å². The van der Waals surface area contributed by atoms with Crippen molar-refractivity contribution in [2.45, 2.75) is 46.1 Å². The molecular weight excluding hydrogens is 348 g/mol. The van der Waals surface area contributed by atoms with Gasteiger partial charge in [0.1, 0.15) is 0 Å². The van der Waals surface area contributed by atoms with Crippen LogP contribution >= 0.6 is 0 Å². The highest BCUT2D eigenvalue weighted by Crippen LogP contribution is 2.36. The van der Waals surface area contributed by atoms with E-state index in [1.54, 1.807) is 0 Å². The molecule has 28 heavy (non-hydrogen) atoms. The van der Waals surface area contributed by atoms with Crippen LogP contribution in [0.5, 0.6) is 0 Å². The fourth-order valence-corrected chi connectivity index (χ4v) is 4.97. The predicted molar refractivity (Wildman–Crippen MR) is 114 cm³/mol. The van der Waals surface area contributed by atoms with Crippen LogP contribution in [0.1, 0.15) is 49.9 Å². The first-order chi connectivity index (χ1) is 13.6. The number of carbonyl (C=O) groups is 1. The van der Waals surface area contributed by atoms with Gasteiger partial charge in [-0.3, -0.25) is 9.69 Å². The van der Waals surface area contributed by atoms with Gasteiger partial charge in [0.05, 0.1) is 13.2 Å². The first kappa shape index (κ1) is 19.7. The van der Waals surface area contributed by atoms with E-state index < -0.39 is 0 Å². The van der Waals surface area contributed by atoms with Gasteiger partial charge in [-0.1, -0.05) is 32.0 Å². The van der Waals surface area contributed by atoms with E-state index >= 15 is 0 Å². The van der Waals surface area contributed by atoms with Gasteiger partial charge in [-0.25, -0.2) is 0 Å². The van der Waals surface area contributed by atoms with Gasteiger partial charge in [-0.2, -0.15) is 0 Å². The predicted octanol–water partition coefficient (Wildman–Crippen LogP) is 4.62. The standard InChI is InChI=1S/C24H34N2O2/c1-18(2)19-7-9-20(10-8-19)24(27)22-17-26(23-6-4-3-5-21(22)23)12-11-25-13-15-28-16-14-25/h3-6,17-20H,7-16H2,1-2H3. The Morgan fingerprint density at radius 3 is 2.50 bits per heavy atom. The minimum atomic E-state index is 0.202. The van der Waals surface area contributed by atoms with Crippen LogP contribution in [-0.4, -0.2) is 48.1 Å². The van der Waals surface area contributed by atoms with Gasteiger partial charge >= 0.3 is 0 Å². The Labute approximate surface area is 168 Å². The lowest BCUT2D eigenvalue weighted by atomic mass is 9.75. The zero-order valence-electron chi connectivity index (χ0n) is 17.4. The van der Waals surface area contributed by atoms with E-state index in [2.05, 4.69) is 53.8 Å². The lowest BCUT2D eigenvalue weighted by molar-refractivity contribution is 0.0365. The molecule has 1 saturated carbocycles. The van der Waals surface area contributed by atoms with E-state index in [0.29, 0.717) is 5.78 Å². The number of rotatable bonds is 6. The molecule has 152 valence electrons. The van der Waals surface area contributed by atoms with E-state index in [1.165, 1.54) is 18.4 Å². The third kappa shape index (κ3) is 4.18. The summed E-state index contributed by atoms with van der Waals surface area (Å²) >= 11 is 0. The number of ether oxygens (including phenoxy) is 1. The zero-order valence-corrected chi connectivity index (χ0v) is 17.4. The van der Waals surface area contributed by atoms with Crippen molar-refractivity contribution >= 4 is 16.7 Å². The molecule has 2 aliphatic rings. The second-order valence-electron chi connectivity index (χ2n) is 8.93. The van der Waals surface area contributed by atoms with Crippen LogP contribution in [0.4, 0.5) is 0 Å². The molecule has 4 heteroatoms. The van der Waals surface area contributed by atoms with Crippen LogP contribution in [0, 0.1) is 17.8 Å². The van der Waals surface area contributed by atoms with E-state index in [-0.39, 0.29) is 5.92 Å². The van der Waals surface area contributed by atoms with E-state index in [0.717, 1.165) is 75.0 Å². The summed E-state index contributed by atoms with van der Waals surface area (Å²) in [5.41, 5.74) is 2.13. The summed E-state index contributed by atoms with van der Waals surface area (Å²) < 4.78 is 7.74. The minimum absolute atomic E-state index is 0.202. The highest BCUT2D eigenvalue weighted by Gasteiger charge is 2.29. The Bertz CT molecular complexity index is 796. The normalized spacial score (nSPS) is 24.1. The molecule has 0 N–H and O–H groups in total. The largest absolute Gasteiger partial charge is 0.379 e. The lowest BCUT2D eigenvalue weighted by Gasteiger charge is -2.30. The van der Waals surface area contributed by atoms with Gasteiger partial charge < -0.3 is 9.30 Å². The first-order valence-corrected chi connectivity index (χ1v) is 11.1. The quantitative estimate of drug-likeness (QED) is 0.684. The number of ketones is 1. The summed E-state index contributed by atoms with van der Waals surface area (Å²) in [5, 5.41) is 1.13. The molecular formula is C24H34N2O2. The maximum absolute atomic E-state index is 13.4. The molecule has 0 bridgehead atoms. The molecule has 0 amide bonds. The van der Waals surface area contributed by atoms with E-state index in [9.17, 15) is 4.79 Å². The molecule has 2 heterocycles. The number of hydrogen-bond acceptors (Lipinski definition) is 3. The van der Waals surface area contributed by atoms with Crippen LogP contribution in [0.25, 0.3) is 10.9 Å². The maximum atomic E-state index is 13.4. The molecule has 1 aromatic heterocycles.